The summed E-state index contributed by atoms with van der Waals surface area (Å²) in [5, 5.41) is 9.01. The van der Waals surface area contributed by atoms with Crippen molar-refractivity contribution in [3.8, 4) is 0 Å². The molecule has 0 aliphatic rings. The van der Waals surface area contributed by atoms with Crippen LogP contribution in [0.1, 0.15) is 19.4 Å². The Balaban J connectivity index is 2.36. The molecular formula is C12H20N2O2. The summed E-state index contributed by atoms with van der Waals surface area (Å²) >= 11 is 0. The van der Waals surface area contributed by atoms with Gasteiger partial charge in [0, 0.05) is 25.5 Å². The van der Waals surface area contributed by atoms with Gasteiger partial charge in [0.1, 0.15) is 0 Å². The number of hydrogen-bond acceptors (Lipinski definition) is 2. The normalized spacial score (nSPS) is 12.0. The van der Waals surface area contributed by atoms with E-state index in [-0.39, 0.29) is 0 Å². The van der Waals surface area contributed by atoms with E-state index in [4.69, 9.17) is 5.11 Å². The van der Waals surface area contributed by atoms with Gasteiger partial charge < -0.3 is 15.0 Å². The summed E-state index contributed by atoms with van der Waals surface area (Å²) < 4.78 is 0. The van der Waals surface area contributed by atoms with E-state index in [1.54, 1.807) is 13.8 Å². The molecule has 0 unspecified atom stereocenters. The number of H-pyrrole nitrogens is 1. The van der Waals surface area contributed by atoms with Crippen LogP contribution in [-0.4, -0.2) is 41.1 Å². The number of carboxylic acid groups (broad SMARTS) is 1. The van der Waals surface area contributed by atoms with Crippen molar-refractivity contribution in [2.24, 2.45) is 5.41 Å². The topological polar surface area (TPSA) is 56.3 Å². The number of aliphatic carboxylic acids is 1. The van der Waals surface area contributed by atoms with Gasteiger partial charge in [0.15, 0.2) is 0 Å². The number of hydrogen-bond donors (Lipinski definition) is 2. The molecule has 0 aromatic carbocycles. The Labute approximate surface area is 96.3 Å². The zero-order valence-electron chi connectivity index (χ0n) is 10.2. The molecule has 90 valence electrons. The number of nitrogens with one attached hydrogen (secondary N) is 1. The fraction of sp³-hybridized carbons (Fsp3) is 0.583. The third kappa shape index (κ3) is 3.70. The molecule has 0 amide bonds. The minimum absolute atomic E-state index is 0.562. The number of aromatic amines is 1. The van der Waals surface area contributed by atoms with E-state index >= 15 is 0 Å². The van der Waals surface area contributed by atoms with Crippen LogP contribution < -0.4 is 0 Å². The van der Waals surface area contributed by atoms with E-state index < -0.39 is 11.4 Å². The molecule has 1 rings (SSSR count). The number of aromatic nitrogens is 1. The summed E-state index contributed by atoms with van der Waals surface area (Å²) in [6, 6.07) is 2.04. The smallest absolute Gasteiger partial charge is 0.310 e. The number of nitrogens with zero attached hydrogens (tertiary/aromatic N) is 1. The average Bonchev–Trinajstić information content (AvgIpc) is 2.66. The molecule has 0 atom stereocenters. The molecule has 0 spiro atoms. The lowest BCUT2D eigenvalue weighted by atomic mass is 9.93. The number of likely N-dealkylation sites (N-methyl/N-ethyl adjacent to an activating group) is 1. The summed E-state index contributed by atoms with van der Waals surface area (Å²) in [7, 11) is 1.96. The molecule has 0 saturated heterocycles. The maximum Gasteiger partial charge on any atom is 0.310 e. The molecule has 2 N–H and O–H groups in total. The Kier molecular flexibility index (Phi) is 4.12. The van der Waals surface area contributed by atoms with Crippen molar-refractivity contribution < 1.29 is 9.90 Å². The first-order valence-corrected chi connectivity index (χ1v) is 5.45. The highest BCUT2D eigenvalue weighted by molar-refractivity contribution is 5.73. The van der Waals surface area contributed by atoms with Crippen LogP contribution >= 0.6 is 0 Å². The van der Waals surface area contributed by atoms with Gasteiger partial charge >= 0.3 is 5.97 Å². The molecule has 0 radical (unpaired) electrons. The summed E-state index contributed by atoms with van der Waals surface area (Å²) in [6.45, 7) is 4.94. The van der Waals surface area contributed by atoms with Gasteiger partial charge in [-0.15, -0.1) is 0 Å². The van der Waals surface area contributed by atoms with Crippen LogP contribution in [0.4, 0.5) is 0 Å². The second-order valence-electron chi connectivity index (χ2n) is 4.90. The van der Waals surface area contributed by atoms with Crippen molar-refractivity contribution in [1.29, 1.82) is 0 Å². The second kappa shape index (κ2) is 5.16. The van der Waals surface area contributed by atoms with Crippen molar-refractivity contribution in [2.45, 2.75) is 20.3 Å². The molecule has 1 heterocycles. The fourth-order valence-corrected chi connectivity index (χ4v) is 1.66. The SMILES string of the molecule is CN(CCc1cc[nH]c1)CC(C)(C)C(=O)O. The molecule has 1 aromatic rings. The number of rotatable bonds is 6. The van der Waals surface area contributed by atoms with E-state index in [2.05, 4.69) is 9.88 Å². The maximum atomic E-state index is 11.0. The average molecular weight is 224 g/mol. The fourth-order valence-electron chi connectivity index (χ4n) is 1.66. The second-order valence-corrected chi connectivity index (χ2v) is 4.90. The molecule has 4 heteroatoms. The zero-order valence-corrected chi connectivity index (χ0v) is 10.2. The van der Waals surface area contributed by atoms with E-state index in [1.807, 2.05) is 25.5 Å². The van der Waals surface area contributed by atoms with E-state index in [1.165, 1.54) is 5.56 Å². The van der Waals surface area contributed by atoms with Crippen LogP contribution in [-0.2, 0) is 11.2 Å². The summed E-state index contributed by atoms with van der Waals surface area (Å²) in [4.78, 5) is 16.0. The Bertz CT molecular complexity index is 331. The Hall–Kier alpha value is -1.29. The monoisotopic (exact) mass is 224 g/mol. The third-order valence-corrected chi connectivity index (χ3v) is 2.69. The summed E-state index contributed by atoms with van der Waals surface area (Å²) in [5.74, 6) is -0.749. The van der Waals surface area contributed by atoms with E-state index in [0.717, 1.165) is 13.0 Å². The van der Waals surface area contributed by atoms with Gasteiger partial charge in [0.05, 0.1) is 5.41 Å². The third-order valence-electron chi connectivity index (χ3n) is 2.69. The lowest BCUT2D eigenvalue weighted by Gasteiger charge is -2.26. The lowest BCUT2D eigenvalue weighted by Crippen LogP contribution is -2.38. The number of carbonyl (C=O) groups is 1. The molecule has 0 fully saturated rings. The predicted molar refractivity (Wildman–Crippen MR) is 63.4 cm³/mol. The van der Waals surface area contributed by atoms with Crippen LogP contribution in [0, 0.1) is 5.41 Å². The van der Waals surface area contributed by atoms with Crippen molar-refractivity contribution in [3.05, 3.63) is 24.0 Å². The van der Waals surface area contributed by atoms with Crippen molar-refractivity contribution in [3.63, 3.8) is 0 Å². The summed E-state index contributed by atoms with van der Waals surface area (Å²) in [6.07, 6.45) is 4.81. The molecule has 0 bridgehead atoms. The first-order valence-electron chi connectivity index (χ1n) is 5.45. The van der Waals surface area contributed by atoms with Crippen LogP contribution in [0.15, 0.2) is 18.5 Å². The Morgan fingerprint density at radius 2 is 2.25 bits per heavy atom. The van der Waals surface area contributed by atoms with Crippen LogP contribution in [0.2, 0.25) is 0 Å². The first kappa shape index (κ1) is 12.8. The quantitative estimate of drug-likeness (QED) is 0.771. The van der Waals surface area contributed by atoms with Crippen molar-refractivity contribution in [1.82, 2.24) is 9.88 Å². The van der Waals surface area contributed by atoms with Crippen LogP contribution in [0.3, 0.4) is 0 Å². The first-order chi connectivity index (χ1) is 7.42. The van der Waals surface area contributed by atoms with E-state index in [0.29, 0.717) is 6.54 Å². The largest absolute Gasteiger partial charge is 0.481 e. The molecule has 0 aliphatic carbocycles. The minimum Gasteiger partial charge on any atom is -0.481 e. The summed E-state index contributed by atoms with van der Waals surface area (Å²) in [5.41, 5.74) is 0.562. The minimum atomic E-state index is -0.749. The van der Waals surface area contributed by atoms with Gasteiger partial charge in [-0.25, -0.2) is 0 Å². The Morgan fingerprint density at radius 3 is 2.75 bits per heavy atom. The molecule has 1 aromatic heterocycles. The zero-order chi connectivity index (χ0) is 12.2. The Morgan fingerprint density at radius 1 is 1.56 bits per heavy atom. The maximum absolute atomic E-state index is 11.0. The highest BCUT2D eigenvalue weighted by atomic mass is 16.4. The molecule has 4 nitrogen and oxygen atoms in total. The van der Waals surface area contributed by atoms with E-state index in [9.17, 15) is 4.79 Å². The number of carboxylic acids is 1. The molecule has 16 heavy (non-hydrogen) atoms. The highest BCUT2D eigenvalue weighted by Gasteiger charge is 2.28. The van der Waals surface area contributed by atoms with Crippen molar-refractivity contribution in [2.75, 3.05) is 20.1 Å². The van der Waals surface area contributed by atoms with Crippen LogP contribution in [0.25, 0.3) is 0 Å². The van der Waals surface area contributed by atoms with Gasteiger partial charge in [0.2, 0.25) is 0 Å². The highest BCUT2D eigenvalue weighted by Crippen LogP contribution is 2.16. The van der Waals surface area contributed by atoms with Gasteiger partial charge in [-0.3, -0.25) is 4.79 Å². The van der Waals surface area contributed by atoms with Gasteiger partial charge in [-0.05, 0) is 38.9 Å². The van der Waals surface area contributed by atoms with Gasteiger partial charge in [-0.2, -0.15) is 0 Å². The standard InChI is InChI=1S/C12H20N2O2/c1-12(2,11(15)16)9-14(3)7-5-10-4-6-13-8-10/h4,6,8,13H,5,7,9H2,1-3H3,(H,15,16). The molecule has 0 aliphatic heterocycles. The van der Waals surface area contributed by atoms with Crippen LogP contribution in [0.5, 0.6) is 0 Å². The molecular weight excluding hydrogens is 204 g/mol. The van der Waals surface area contributed by atoms with Gasteiger partial charge in [0.25, 0.3) is 0 Å². The predicted octanol–water partition coefficient (Wildman–Crippen LogP) is 1.60. The van der Waals surface area contributed by atoms with Crippen molar-refractivity contribution >= 4 is 5.97 Å². The molecule has 0 saturated carbocycles. The van der Waals surface area contributed by atoms with Gasteiger partial charge in [-0.1, -0.05) is 0 Å². The lowest BCUT2D eigenvalue weighted by molar-refractivity contribution is -0.147.